The molecule has 2 rings (SSSR count). The Morgan fingerprint density at radius 3 is 2.27 bits per heavy atom. The van der Waals surface area contributed by atoms with E-state index in [1.54, 1.807) is 0 Å². The lowest BCUT2D eigenvalue weighted by Gasteiger charge is -2.35. The van der Waals surface area contributed by atoms with Gasteiger partial charge in [0.25, 0.3) is 0 Å². The summed E-state index contributed by atoms with van der Waals surface area (Å²) in [7, 11) is 0. The minimum absolute atomic E-state index is 0. The average molecular weight is 474 g/mol. The van der Waals surface area contributed by atoms with Crippen molar-refractivity contribution in [3.05, 3.63) is 35.4 Å². The predicted octanol–water partition coefficient (Wildman–Crippen LogP) is 3.38. The Morgan fingerprint density at radius 1 is 1.08 bits per heavy atom. The van der Waals surface area contributed by atoms with Crippen LogP contribution in [0.1, 0.15) is 45.2 Å². The van der Waals surface area contributed by atoms with Gasteiger partial charge in [-0.1, -0.05) is 31.2 Å². The second kappa shape index (κ2) is 12.5. The molecular formula is C20H35IN4O. The Hall–Kier alpha value is -0.860. The topological polar surface area (TPSA) is 48.9 Å². The maximum Gasteiger partial charge on any atom is 0.191 e. The molecule has 1 aliphatic rings. The number of aliphatic imine (C=N–C) groups is 1. The number of benzene rings is 1. The number of hydrogen-bond donors (Lipinski definition) is 2. The van der Waals surface area contributed by atoms with E-state index in [4.69, 9.17) is 4.74 Å². The largest absolute Gasteiger partial charge is 0.373 e. The molecular weight excluding hydrogens is 439 g/mol. The van der Waals surface area contributed by atoms with Crippen LogP contribution in [-0.2, 0) is 17.8 Å². The fraction of sp³-hybridized carbons (Fsp3) is 0.650. The molecule has 0 aromatic heterocycles. The molecule has 5 nitrogen and oxygen atoms in total. The summed E-state index contributed by atoms with van der Waals surface area (Å²) in [5.41, 5.74) is 2.59. The number of rotatable bonds is 7. The number of halogens is 1. The Morgan fingerprint density at radius 2 is 1.69 bits per heavy atom. The van der Waals surface area contributed by atoms with Gasteiger partial charge in [0.2, 0.25) is 0 Å². The van der Waals surface area contributed by atoms with Crippen LogP contribution in [-0.4, -0.2) is 49.2 Å². The van der Waals surface area contributed by atoms with Gasteiger partial charge in [-0.05, 0) is 38.3 Å². The molecule has 0 amide bonds. The van der Waals surface area contributed by atoms with E-state index in [0.29, 0.717) is 18.8 Å². The highest BCUT2D eigenvalue weighted by Crippen LogP contribution is 2.15. The molecule has 1 aliphatic heterocycles. The predicted molar refractivity (Wildman–Crippen MR) is 120 cm³/mol. The molecule has 0 radical (unpaired) electrons. The number of nitrogens with one attached hydrogen (secondary N) is 2. The van der Waals surface area contributed by atoms with Crippen molar-refractivity contribution in [1.29, 1.82) is 0 Å². The van der Waals surface area contributed by atoms with Gasteiger partial charge in [0.1, 0.15) is 0 Å². The van der Waals surface area contributed by atoms with Gasteiger partial charge < -0.3 is 15.4 Å². The van der Waals surface area contributed by atoms with Crippen molar-refractivity contribution in [2.45, 2.75) is 59.4 Å². The van der Waals surface area contributed by atoms with Gasteiger partial charge >= 0.3 is 0 Å². The van der Waals surface area contributed by atoms with E-state index < -0.39 is 0 Å². The van der Waals surface area contributed by atoms with Gasteiger partial charge in [-0.15, -0.1) is 24.0 Å². The van der Waals surface area contributed by atoms with Gasteiger partial charge in [0.05, 0.1) is 18.8 Å². The summed E-state index contributed by atoms with van der Waals surface area (Å²) in [6.07, 6.45) is 1.73. The summed E-state index contributed by atoms with van der Waals surface area (Å²) >= 11 is 0. The van der Waals surface area contributed by atoms with E-state index in [0.717, 1.165) is 45.1 Å². The second-order valence-corrected chi connectivity index (χ2v) is 6.89. The third-order valence-corrected chi connectivity index (χ3v) is 4.23. The van der Waals surface area contributed by atoms with Gasteiger partial charge in [-0.3, -0.25) is 4.90 Å². The molecule has 1 aromatic carbocycles. The number of guanidine groups is 1. The Labute approximate surface area is 176 Å². The van der Waals surface area contributed by atoms with E-state index in [9.17, 15) is 0 Å². The summed E-state index contributed by atoms with van der Waals surface area (Å²) in [6.45, 7) is 14.1. The van der Waals surface area contributed by atoms with E-state index in [1.807, 2.05) is 0 Å². The van der Waals surface area contributed by atoms with Crippen molar-refractivity contribution >= 4 is 29.9 Å². The Bertz CT molecular complexity index is 525. The van der Waals surface area contributed by atoms with Gasteiger partial charge in [0.15, 0.2) is 5.96 Å². The molecule has 148 valence electrons. The highest BCUT2D eigenvalue weighted by atomic mass is 127. The summed E-state index contributed by atoms with van der Waals surface area (Å²) in [4.78, 5) is 7.13. The third-order valence-electron chi connectivity index (χ3n) is 4.23. The summed E-state index contributed by atoms with van der Waals surface area (Å²) in [6, 6.07) is 8.83. The van der Waals surface area contributed by atoms with Crippen molar-refractivity contribution in [2.75, 3.05) is 26.2 Å². The lowest BCUT2D eigenvalue weighted by Crippen LogP contribution is -2.44. The molecule has 2 N–H and O–H groups in total. The molecule has 2 atom stereocenters. The van der Waals surface area contributed by atoms with Gasteiger partial charge in [0, 0.05) is 32.7 Å². The highest BCUT2D eigenvalue weighted by Gasteiger charge is 2.21. The summed E-state index contributed by atoms with van der Waals surface area (Å²) in [5, 5.41) is 6.62. The van der Waals surface area contributed by atoms with Crippen LogP contribution in [0.5, 0.6) is 0 Å². The van der Waals surface area contributed by atoms with Crippen LogP contribution >= 0.6 is 24.0 Å². The van der Waals surface area contributed by atoms with Crippen molar-refractivity contribution in [1.82, 2.24) is 15.5 Å². The van der Waals surface area contributed by atoms with E-state index >= 15 is 0 Å². The maximum atomic E-state index is 5.81. The molecule has 0 saturated carbocycles. The summed E-state index contributed by atoms with van der Waals surface area (Å²) < 4.78 is 5.81. The standard InChI is InChI=1S/C20H34N4O.HI/c1-5-11-22-20(21-6-2)23-12-18-7-9-19(10-8-18)15-24-13-16(3)25-17(4)14-24;/h7-10,16-17H,5-6,11-15H2,1-4H3,(H2,21,22,23);1H. The molecule has 1 saturated heterocycles. The third kappa shape index (κ3) is 8.22. The first-order chi connectivity index (χ1) is 12.1. The van der Waals surface area contributed by atoms with Crippen LogP contribution in [0.4, 0.5) is 0 Å². The molecule has 1 heterocycles. The molecule has 0 aliphatic carbocycles. The second-order valence-electron chi connectivity index (χ2n) is 6.89. The zero-order valence-corrected chi connectivity index (χ0v) is 19.0. The summed E-state index contributed by atoms with van der Waals surface area (Å²) in [5.74, 6) is 0.893. The average Bonchev–Trinajstić information content (AvgIpc) is 2.58. The normalized spacial score (nSPS) is 21.2. The first kappa shape index (κ1) is 23.2. The fourth-order valence-corrected chi connectivity index (χ4v) is 3.18. The van der Waals surface area contributed by atoms with Crippen LogP contribution < -0.4 is 10.6 Å². The fourth-order valence-electron chi connectivity index (χ4n) is 3.18. The molecule has 6 heteroatoms. The monoisotopic (exact) mass is 474 g/mol. The van der Waals surface area contributed by atoms with Crippen LogP contribution in [0.2, 0.25) is 0 Å². The van der Waals surface area contributed by atoms with Crippen LogP contribution in [0.25, 0.3) is 0 Å². The number of ether oxygens (including phenoxy) is 1. The van der Waals surface area contributed by atoms with Crippen molar-refractivity contribution in [3.8, 4) is 0 Å². The minimum Gasteiger partial charge on any atom is -0.373 e. The van der Waals surface area contributed by atoms with E-state index in [-0.39, 0.29) is 24.0 Å². The minimum atomic E-state index is 0. The van der Waals surface area contributed by atoms with Crippen LogP contribution in [0.15, 0.2) is 29.3 Å². The zero-order valence-electron chi connectivity index (χ0n) is 16.6. The van der Waals surface area contributed by atoms with Crippen LogP contribution in [0.3, 0.4) is 0 Å². The van der Waals surface area contributed by atoms with Crippen molar-refractivity contribution < 1.29 is 4.74 Å². The molecule has 1 aromatic rings. The maximum absolute atomic E-state index is 5.81. The number of nitrogens with zero attached hydrogens (tertiary/aromatic N) is 2. The number of hydrogen-bond acceptors (Lipinski definition) is 3. The van der Waals surface area contributed by atoms with Gasteiger partial charge in [-0.2, -0.15) is 0 Å². The number of morpholine rings is 1. The van der Waals surface area contributed by atoms with Crippen molar-refractivity contribution in [3.63, 3.8) is 0 Å². The lowest BCUT2D eigenvalue weighted by molar-refractivity contribution is -0.0704. The lowest BCUT2D eigenvalue weighted by atomic mass is 10.1. The Balaban J connectivity index is 0.00000338. The quantitative estimate of drug-likeness (QED) is 0.362. The first-order valence-electron chi connectivity index (χ1n) is 9.58. The van der Waals surface area contributed by atoms with Crippen LogP contribution in [0, 0.1) is 0 Å². The molecule has 1 fully saturated rings. The zero-order chi connectivity index (χ0) is 18.1. The van der Waals surface area contributed by atoms with E-state index in [1.165, 1.54) is 11.1 Å². The van der Waals surface area contributed by atoms with Crippen molar-refractivity contribution in [2.24, 2.45) is 4.99 Å². The Kier molecular flexibility index (Phi) is 11.2. The smallest absolute Gasteiger partial charge is 0.191 e. The molecule has 0 spiro atoms. The molecule has 26 heavy (non-hydrogen) atoms. The van der Waals surface area contributed by atoms with E-state index in [2.05, 4.69) is 72.5 Å². The first-order valence-corrected chi connectivity index (χ1v) is 9.58. The SMILES string of the molecule is CCCNC(=NCc1ccc(CN2CC(C)OC(C)C2)cc1)NCC.I. The molecule has 0 bridgehead atoms. The molecule has 2 unspecified atom stereocenters. The highest BCUT2D eigenvalue weighted by molar-refractivity contribution is 14.0. The van der Waals surface area contributed by atoms with Gasteiger partial charge in [-0.25, -0.2) is 4.99 Å².